The topological polar surface area (TPSA) is 165 Å². The van der Waals surface area contributed by atoms with Crippen LogP contribution in [0.2, 0.25) is 0 Å². The van der Waals surface area contributed by atoms with Crippen molar-refractivity contribution >= 4 is 27.3 Å². The van der Waals surface area contributed by atoms with Crippen LogP contribution in [-0.2, 0) is 74.7 Å². The molecule has 4 heterocycles. The number of aryl methyl sites for hydroxylation is 2. The molecule has 1 saturated heterocycles. The number of benzene rings is 1. The maximum absolute atomic E-state index is 13.4. The molecule has 2 fully saturated rings. The SMILES string of the molecule is C[C](/C=C(/C)[C-]=Cc1ccc(CCC(=O)NCCOCCOCCOCCNCc2ccc(C(=O)Nc3cccc(C4(Cc5nncn5C)COC4)c3)nc2C2CC2)[n-]1)=[Nb]([F])[F]. The zero-order chi connectivity index (χ0) is 43.7. The van der Waals surface area contributed by atoms with E-state index in [-0.39, 0.29) is 21.0 Å². The molecule has 1 aliphatic heterocycles. The summed E-state index contributed by atoms with van der Waals surface area (Å²) in [5.74, 6) is 0.929. The fraction of sp³-hybridized carbons (Fsp3) is 0.467. The molecule has 1 aromatic carbocycles. The molecular formula is C45H56F2N8NbO6-2. The van der Waals surface area contributed by atoms with Gasteiger partial charge in [0.15, 0.2) is 0 Å². The van der Waals surface area contributed by atoms with Gasteiger partial charge < -0.3 is 34.1 Å². The molecule has 3 N–H and O–H groups in total. The van der Waals surface area contributed by atoms with Gasteiger partial charge in [-0.15, -0.1) is 10.2 Å². The van der Waals surface area contributed by atoms with E-state index in [9.17, 15) is 15.6 Å². The van der Waals surface area contributed by atoms with Crippen LogP contribution in [0.4, 0.5) is 11.7 Å². The summed E-state index contributed by atoms with van der Waals surface area (Å²) in [6.07, 6.45) is 11.4. The standard InChI is InChI=1S/C45H56N8O6.2FH.Nb/c1-4-6-33(2)9-13-37-14-15-38(49-37)16-18-42(54)47-20-22-57-24-26-58-25-23-56-21-19-46-29-35-12-17-40(51-43(35)34-10-11-34)44(55)50-39-8-5-7-36(27-39)45(30-59-31-45)28-41-52-48-32-53(41)3;;;/h5-8,12-15,17,27,32,34,46H,10-11,16,18-26,28-31H2,1-3H3,(H,47,54)(H,50,55);2*1H;/q-2;;;+2/p-2/b33-6-;;;. The molecule has 333 valence electrons. The average Bonchev–Trinajstić information content (AvgIpc) is 3.86. The number of halogens is 2. The Morgan fingerprint density at radius 3 is 2.47 bits per heavy atom. The average molecular weight is 936 g/mol. The van der Waals surface area contributed by atoms with Crippen molar-refractivity contribution < 1.29 is 53.7 Å². The molecule has 4 aromatic rings. The van der Waals surface area contributed by atoms with E-state index in [1.165, 1.54) is 13.0 Å². The number of pyridine rings is 1. The number of carbonyl (C=O) groups is 2. The molecule has 0 atom stereocenters. The first kappa shape index (κ1) is 47.0. The van der Waals surface area contributed by atoms with E-state index in [1.807, 2.05) is 48.0 Å². The van der Waals surface area contributed by atoms with Crippen molar-refractivity contribution in [2.75, 3.05) is 71.3 Å². The van der Waals surface area contributed by atoms with Crippen LogP contribution in [-0.4, -0.2) is 101 Å². The van der Waals surface area contributed by atoms with E-state index in [2.05, 4.69) is 43.3 Å². The van der Waals surface area contributed by atoms with Gasteiger partial charge in [-0.3, -0.25) is 4.79 Å². The Balaban J connectivity index is 0.790. The summed E-state index contributed by atoms with van der Waals surface area (Å²) in [5.41, 5.74) is 6.13. The van der Waals surface area contributed by atoms with Crippen molar-refractivity contribution in [1.29, 1.82) is 0 Å². The van der Waals surface area contributed by atoms with E-state index in [4.69, 9.17) is 23.9 Å². The summed E-state index contributed by atoms with van der Waals surface area (Å²) in [5, 5.41) is 17.6. The first-order valence-electron chi connectivity index (χ1n) is 21.0. The molecule has 0 unspecified atom stereocenters. The van der Waals surface area contributed by atoms with Crippen LogP contribution >= 0.6 is 0 Å². The van der Waals surface area contributed by atoms with Gasteiger partial charge in [-0.25, -0.2) is 4.98 Å². The van der Waals surface area contributed by atoms with E-state index < -0.39 is 19.1 Å². The van der Waals surface area contributed by atoms with Crippen molar-refractivity contribution in [2.24, 2.45) is 7.05 Å². The number of nitrogens with zero attached hydrogens (tertiary/aromatic N) is 5. The Kier molecular flexibility index (Phi) is 18.0. The fourth-order valence-electron chi connectivity index (χ4n) is 6.84. The van der Waals surface area contributed by atoms with Crippen molar-refractivity contribution in [3.8, 4) is 0 Å². The number of ether oxygens (including phenoxy) is 4. The minimum atomic E-state index is -4.19. The number of nitrogens with one attached hydrogen (secondary N) is 3. The van der Waals surface area contributed by atoms with Gasteiger partial charge in [0.25, 0.3) is 5.91 Å². The maximum atomic E-state index is 13.4. The van der Waals surface area contributed by atoms with Gasteiger partial charge >= 0.3 is 124 Å². The molecule has 14 nitrogen and oxygen atoms in total. The Morgan fingerprint density at radius 2 is 1.77 bits per heavy atom. The van der Waals surface area contributed by atoms with Gasteiger partial charge in [0.2, 0.25) is 0 Å². The van der Waals surface area contributed by atoms with Crippen molar-refractivity contribution in [3.05, 3.63) is 112 Å². The number of hydrogen-bond acceptors (Lipinski definition) is 10. The quantitative estimate of drug-likeness (QED) is 0.0335. The second-order valence-corrected chi connectivity index (χ2v) is 18.5. The summed E-state index contributed by atoms with van der Waals surface area (Å²) in [4.78, 5) is 34.9. The second-order valence-electron chi connectivity index (χ2n) is 15.6. The first-order valence-corrected chi connectivity index (χ1v) is 23.7. The molecule has 6 rings (SSSR count). The normalized spacial score (nSPS) is 14.8. The van der Waals surface area contributed by atoms with E-state index in [1.54, 1.807) is 25.4 Å². The molecule has 3 aromatic heterocycles. The fourth-order valence-corrected chi connectivity index (χ4v) is 7.55. The number of hydrogen-bond donors (Lipinski definition) is 3. The zero-order valence-corrected chi connectivity index (χ0v) is 37.8. The third-order valence-electron chi connectivity index (χ3n) is 10.5. The zero-order valence-electron chi connectivity index (χ0n) is 35.6. The monoisotopic (exact) mass is 935 g/mol. The molecule has 0 radical (unpaired) electrons. The Labute approximate surface area is 369 Å². The number of allylic oxidation sites excluding steroid dienone is 3. The van der Waals surface area contributed by atoms with Crippen LogP contribution in [0.1, 0.15) is 83.5 Å². The van der Waals surface area contributed by atoms with Crippen LogP contribution in [0.15, 0.2) is 66.5 Å². The summed E-state index contributed by atoms with van der Waals surface area (Å²) >= 11 is -4.19. The van der Waals surface area contributed by atoms with Crippen LogP contribution in [0, 0.1) is 6.08 Å². The van der Waals surface area contributed by atoms with Crippen molar-refractivity contribution in [2.45, 2.75) is 63.8 Å². The molecule has 2 amide bonds. The third-order valence-corrected chi connectivity index (χ3v) is 12.1. The van der Waals surface area contributed by atoms with Gasteiger partial charge in [0.05, 0.1) is 52.9 Å². The van der Waals surface area contributed by atoms with Crippen LogP contribution in [0.5, 0.6) is 0 Å². The molecule has 17 heteroatoms. The number of amides is 2. The summed E-state index contributed by atoms with van der Waals surface area (Å²) in [6, 6.07) is 15.4. The van der Waals surface area contributed by atoms with Gasteiger partial charge in [0, 0.05) is 55.8 Å². The Hall–Kier alpha value is -4.52. The molecule has 62 heavy (non-hydrogen) atoms. The van der Waals surface area contributed by atoms with E-state index >= 15 is 0 Å². The van der Waals surface area contributed by atoms with Gasteiger partial charge in [-0.05, 0) is 42.2 Å². The molecule has 0 spiro atoms. The predicted octanol–water partition coefficient (Wildman–Crippen LogP) is 5.04. The van der Waals surface area contributed by atoms with Crippen LogP contribution < -0.4 is 20.9 Å². The van der Waals surface area contributed by atoms with E-state index in [0.29, 0.717) is 120 Å². The minimum absolute atomic E-state index is 0.0912. The summed E-state index contributed by atoms with van der Waals surface area (Å²) < 4.78 is 50.3. The Bertz CT molecular complexity index is 2190. The third kappa shape index (κ3) is 14.5. The number of rotatable bonds is 26. The van der Waals surface area contributed by atoms with E-state index in [0.717, 1.165) is 41.2 Å². The molecular weight excluding hydrogens is 879 g/mol. The van der Waals surface area contributed by atoms with Gasteiger partial charge in [-0.2, -0.15) is 0 Å². The molecule has 0 bridgehead atoms. The van der Waals surface area contributed by atoms with Crippen molar-refractivity contribution in [3.63, 3.8) is 0 Å². The molecule has 1 saturated carbocycles. The van der Waals surface area contributed by atoms with Crippen LogP contribution in [0.3, 0.4) is 0 Å². The summed E-state index contributed by atoms with van der Waals surface area (Å²) in [6.45, 7) is 8.69. The number of aromatic nitrogens is 5. The van der Waals surface area contributed by atoms with Crippen molar-refractivity contribution in [1.82, 2.24) is 35.4 Å². The Morgan fingerprint density at radius 1 is 1.02 bits per heavy atom. The second kappa shape index (κ2) is 23.8. The first-order chi connectivity index (χ1) is 30.1. The predicted molar refractivity (Wildman–Crippen MR) is 227 cm³/mol. The van der Waals surface area contributed by atoms with Crippen LogP contribution in [0.25, 0.3) is 6.08 Å². The molecule has 2 aliphatic rings. The van der Waals surface area contributed by atoms with Gasteiger partial charge in [-0.1, -0.05) is 18.2 Å². The summed E-state index contributed by atoms with van der Waals surface area (Å²) in [7, 11) is 1.94. The number of carbonyl (C=O) groups excluding carboxylic acids is 2. The van der Waals surface area contributed by atoms with Gasteiger partial charge in [0.1, 0.15) is 17.8 Å². The molecule has 1 aliphatic carbocycles. The number of anilines is 1.